The zero-order valence-electron chi connectivity index (χ0n) is 13.0. The lowest BCUT2D eigenvalue weighted by Gasteiger charge is -2.25. The van der Waals surface area contributed by atoms with Crippen LogP contribution in [0.1, 0.15) is 23.2 Å². The lowest BCUT2D eigenvalue weighted by Crippen LogP contribution is -2.36. The van der Waals surface area contributed by atoms with Gasteiger partial charge in [0, 0.05) is 31.2 Å². The number of fused-ring (bicyclic) bond motifs is 1. The standard InChI is InChI=1S/C15H17ClF3N3O2/c1-8-4-12(15(17,18)19)20-13(16)10(8)6-21-3-2-9-5-22(14(23)24)7-11(9)21/h4,9,11H,2-3,5-7H2,1H3,(H,23,24)/t9-,11+/m1/s1. The van der Waals surface area contributed by atoms with Crippen molar-refractivity contribution in [1.82, 2.24) is 14.8 Å². The molecule has 0 radical (unpaired) electrons. The number of carboxylic acid groups (broad SMARTS) is 1. The summed E-state index contributed by atoms with van der Waals surface area (Å²) in [4.78, 5) is 18.1. The van der Waals surface area contributed by atoms with Crippen LogP contribution in [-0.4, -0.2) is 51.7 Å². The Morgan fingerprint density at radius 1 is 1.46 bits per heavy atom. The predicted octanol–water partition coefficient (Wildman–Crippen LogP) is 3.25. The molecule has 1 N–H and O–H groups in total. The summed E-state index contributed by atoms with van der Waals surface area (Å²) in [5, 5.41) is 8.97. The minimum Gasteiger partial charge on any atom is -0.465 e. The van der Waals surface area contributed by atoms with Crippen molar-refractivity contribution in [3.8, 4) is 0 Å². The van der Waals surface area contributed by atoms with Gasteiger partial charge in [0.05, 0.1) is 0 Å². The molecule has 132 valence electrons. The van der Waals surface area contributed by atoms with Gasteiger partial charge in [0.25, 0.3) is 0 Å². The molecule has 2 fully saturated rings. The maximum Gasteiger partial charge on any atom is 0.433 e. The van der Waals surface area contributed by atoms with Crippen molar-refractivity contribution in [2.24, 2.45) is 5.92 Å². The number of alkyl halides is 3. The van der Waals surface area contributed by atoms with E-state index in [0.717, 1.165) is 19.0 Å². The first kappa shape index (κ1) is 17.3. The fourth-order valence-corrected chi connectivity index (χ4v) is 3.90. The fraction of sp³-hybridized carbons (Fsp3) is 0.600. The SMILES string of the molecule is Cc1cc(C(F)(F)F)nc(Cl)c1CN1CC[C@@H]2CN(C(=O)O)C[C@@H]21. The van der Waals surface area contributed by atoms with Crippen molar-refractivity contribution in [3.05, 3.63) is 28.0 Å². The second-order valence-electron chi connectivity index (χ2n) is 6.37. The van der Waals surface area contributed by atoms with Crippen LogP contribution in [0.5, 0.6) is 0 Å². The summed E-state index contributed by atoms with van der Waals surface area (Å²) in [6.07, 6.45) is -4.59. The number of amides is 1. The third-order valence-corrected chi connectivity index (χ3v) is 5.19. The molecule has 0 saturated carbocycles. The highest BCUT2D eigenvalue weighted by Gasteiger charge is 2.43. The zero-order valence-corrected chi connectivity index (χ0v) is 13.7. The Morgan fingerprint density at radius 2 is 2.17 bits per heavy atom. The van der Waals surface area contributed by atoms with Crippen molar-refractivity contribution in [1.29, 1.82) is 0 Å². The van der Waals surface area contributed by atoms with Gasteiger partial charge in [0.1, 0.15) is 10.8 Å². The number of nitrogens with zero attached hydrogens (tertiary/aromatic N) is 3. The summed E-state index contributed by atoms with van der Waals surface area (Å²) in [7, 11) is 0. The van der Waals surface area contributed by atoms with E-state index in [0.29, 0.717) is 30.8 Å². The molecule has 3 heterocycles. The predicted molar refractivity (Wildman–Crippen MR) is 80.9 cm³/mol. The summed E-state index contributed by atoms with van der Waals surface area (Å²) in [5.41, 5.74) is 0.0175. The molecule has 2 aliphatic rings. The van der Waals surface area contributed by atoms with Gasteiger partial charge in [-0.2, -0.15) is 13.2 Å². The van der Waals surface area contributed by atoms with Gasteiger partial charge < -0.3 is 10.0 Å². The van der Waals surface area contributed by atoms with Crippen LogP contribution >= 0.6 is 11.6 Å². The number of hydrogen-bond acceptors (Lipinski definition) is 3. The number of pyridine rings is 1. The second-order valence-corrected chi connectivity index (χ2v) is 6.72. The molecular formula is C15H17ClF3N3O2. The summed E-state index contributed by atoms with van der Waals surface area (Å²) >= 11 is 6.00. The zero-order chi connectivity index (χ0) is 17.6. The molecule has 2 aliphatic heterocycles. The van der Waals surface area contributed by atoms with E-state index in [4.69, 9.17) is 16.7 Å². The Morgan fingerprint density at radius 3 is 2.75 bits per heavy atom. The molecule has 0 aromatic carbocycles. The Bertz CT molecular complexity index is 645. The van der Waals surface area contributed by atoms with Gasteiger partial charge in [-0.3, -0.25) is 4.90 Å². The highest BCUT2D eigenvalue weighted by molar-refractivity contribution is 6.30. The number of aryl methyl sites for hydroxylation is 1. The smallest absolute Gasteiger partial charge is 0.433 e. The molecule has 24 heavy (non-hydrogen) atoms. The van der Waals surface area contributed by atoms with Gasteiger partial charge >= 0.3 is 12.3 Å². The van der Waals surface area contributed by atoms with Crippen LogP contribution < -0.4 is 0 Å². The molecule has 1 aromatic rings. The average Bonchev–Trinajstić information content (AvgIpc) is 3.02. The number of halogens is 4. The summed E-state index contributed by atoms with van der Waals surface area (Å²) in [5.74, 6) is 0.266. The normalized spacial score (nSPS) is 24.5. The van der Waals surface area contributed by atoms with Crippen LogP contribution in [0.25, 0.3) is 0 Å². The minimum absolute atomic E-state index is 0.0823. The van der Waals surface area contributed by atoms with E-state index in [1.54, 1.807) is 6.92 Å². The van der Waals surface area contributed by atoms with Gasteiger partial charge in [-0.15, -0.1) is 0 Å². The summed E-state index contributed by atoms with van der Waals surface area (Å²) in [6.45, 7) is 3.67. The monoisotopic (exact) mass is 363 g/mol. The molecule has 0 bridgehead atoms. The molecule has 2 atom stereocenters. The van der Waals surface area contributed by atoms with Gasteiger partial charge in [-0.25, -0.2) is 9.78 Å². The molecular weight excluding hydrogens is 347 g/mol. The molecule has 0 aliphatic carbocycles. The Balaban J connectivity index is 1.78. The van der Waals surface area contributed by atoms with E-state index in [1.807, 2.05) is 0 Å². The third kappa shape index (κ3) is 3.17. The molecule has 2 saturated heterocycles. The molecule has 1 aromatic heterocycles. The molecule has 9 heteroatoms. The number of aromatic nitrogens is 1. The molecule has 1 amide bonds. The first-order valence-electron chi connectivity index (χ1n) is 7.62. The van der Waals surface area contributed by atoms with E-state index in [1.165, 1.54) is 4.90 Å². The molecule has 5 nitrogen and oxygen atoms in total. The molecule has 0 unspecified atom stereocenters. The van der Waals surface area contributed by atoms with Crippen molar-refractivity contribution >= 4 is 17.7 Å². The topological polar surface area (TPSA) is 56.7 Å². The number of rotatable bonds is 2. The quantitative estimate of drug-likeness (QED) is 0.819. The molecule has 3 rings (SSSR count). The maximum atomic E-state index is 12.8. The van der Waals surface area contributed by atoms with Gasteiger partial charge in [-0.1, -0.05) is 11.6 Å². The minimum atomic E-state index is -4.53. The van der Waals surface area contributed by atoms with Crippen molar-refractivity contribution in [3.63, 3.8) is 0 Å². The summed E-state index contributed by atoms with van der Waals surface area (Å²) < 4.78 is 38.4. The van der Waals surface area contributed by atoms with E-state index < -0.39 is 18.0 Å². The first-order valence-corrected chi connectivity index (χ1v) is 7.99. The van der Waals surface area contributed by atoms with Crippen molar-refractivity contribution < 1.29 is 23.1 Å². The Labute approximate surface area is 142 Å². The maximum absolute atomic E-state index is 12.8. The largest absolute Gasteiger partial charge is 0.465 e. The third-order valence-electron chi connectivity index (χ3n) is 4.88. The fourth-order valence-electron chi connectivity index (χ4n) is 3.60. The van der Waals surface area contributed by atoms with Gasteiger partial charge in [0.15, 0.2) is 0 Å². The van der Waals surface area contributed by atoms with Crippen molar-refractivity contribution in [2.75, 3.05) is 19.6 Å². The van der Waals surface area contributed by atoms with Crippen LogP contribution in [-0.2, 0) is 12.7 Å². The van der Waals surface area contributed by atoms with Gasteiger partial charge in [-0.05, 0) is 37.4 Å². The first-order chi connectivity index (χ1) is 11.2. The van der Waals surface area contributed by atoms with E-state index in [2.05, 4.69) is 9.88 Å². The summed E-state index contributed by atoms with van der Waals surface area (Å²) in [6, 6.07) is 1.09. The number of hydrogen-bond donors (Lipinski definition) is 1. The van der Waals surface area contributed by atoms with Crippen LogP contribution in [0.15, 0.2) is 6.07 Å². The van der Waals surface area contributed by atoms with Crippen molar-refractivity contribution in [2.45, 2.75) is 32.1 Å². The average molecular weight is 364 g/mol. The molecule has 0 spiro atoms. The van der Waals surface area contributed by atoms with Crippen LogP contribution in [0, 0.1) is 12.8 Å². The van der Waals surface area contributed by atoms with E-state index in [9.17, 15) is 18.0 Å². The van der Waals surface area contributed by atoms with Crippen LogP contribution in [0.4, 0.5) is 18.0 Å². The number of likely N-dealkylation sites (tertiary alicyclic amines) is 2. The van der Waals surface area contributed by atoms with Crippen LogP contribution in [0.2, 0.25) is 5.15 Å². The number of carbonyl (C=O) groups is 1. The highest BCUT2D eigenvalue weighted by Crippen LogP contribution is 2.35. The van der Waals surface area contributed by atoms with E-state index >= 15 is 0 Å². The van der Waals surface area contributed by atoms with Gasteiger partial charge in [0.2, 0.25) is 0 Å². The highest BCUT2D eigenvalue weighted by atomic mass is 35.5. The lowest BCUT2D eigenvalue weighted by atomic mass is 10.0. The van der Waals surface area contributed by atoms with E-state index in [-0.39, 0.29) is 17.1 Å². The second kappa shape index (κ2) is 6.07. The van der Waals surface area contributed by atoms with Crippen LogP contribution in [0.3, 0.4) is 0 Å². The Kier molecular flexibility index (Phi) is 4.37. The lowest BCUT2D eigenvalue weighted by molar-refractivity contribution is -0.141. The Hall–Kier alpha value is -1.54.